The minimum atomic E-state index is -0.0296. The summed E-state index contributed by atoms with van der Waals surface area (Å²) in [4.78, 5) is 12.2. The highest BCUT2D eigenvalue weighted by atomic mass is 127. The molecule has 19 heavy (non-hydrogen) atoms. The van der Waals surface area contributed by atoms with Crippen LogP contribution in [0.5, 0.6) is 0 Å². The Kier molecular flexibility index (Phi) is 4.58. The van der Waals surface area contributed by atoms with Crippen LogP contribution >= 0.6 is 22.6 Å². The summed E-state index contributed by atoms with van der Waals surface area (Å²) in [5, 5.41) is 3.03. The van der Waals surface area contributed by atoms with Crippen LogP contribution in [-0.4, -0.2) is 5.91 Å². The third-order valence-corrected chi connectivity index (χ3v) is 3.98. The molecule has 1 N–H and O–H groups in total. The van der Waals surface area contributed by atoms with Gasteiger partial charge in [-0.2, -0.15) is 0 Å². The first-order valence-electron chi connectivity index (χ1n) is 6.20. The van der Waals surface area contributed by atoms with Gasteiger partial charge in [0.1, 0.15) is 0 Å². The van der Waals surface area contributed by atoms with Gasteiger partial charge in [0.05, 0.1) is 11.6 Å². The lowest BCUT2D eigenvalue weighted by Gasteiger charge is -2.15. The van der Waals surface area contributed by atoms with Gasteiger partial charge in [0, 0.05) is 3.57 Å². The second-order valence-electron chi connectivity index (χ2n) is 4.59. The number of hydrogen-bond donors (Lipinski definition) is 1. The highest BCUT2D eigenvalue weighted by Crippen LogP contribution is 2.16. The van der Waals surface area contributed by atoms with Crippen molar-refractivity contribution in [2.75, 3.05) is 0 Å². The molecule has 2 aromatic rings. The van der Waals surface area contributed by atoms with Crippen molar-refractivity contribution in [3.63, 3.8) is 0 Å². The van der Waals surface area contributed by atoms with Gasteiger partial charge < -0.3 is 5.32 Å². The fourth-order valence-electron chi connectivity index (χ4n) is 1.86. The highest BCUT2D eigenvalue weighted by Gasteiger charge is 2.13. The van der Waals surface area contributed by atoms with Crippen LogP contribution in [0.2, 0.25) is 0 Å². The van der Waals surface area contributed by atoms with E-state index in [9.17, 15) is 4.79 Å². The minimum absolute atomic E-state index is 0.00380. The molecule has 98 valence electrons. The molecule has 0 heterocycles. The van der Waals surface area contributed by atoms with Crippen LogP contribution in [0, 0.1) is 10.5 Å². The van der Waals surface area contributed by atoms with E-state index < -0.39 is 0 Å². The Morgan fingerprint density at radius 3 is 2.37 bits per heavy atom. The van der Waals surface area contributed by atoms with Crippen molar-refractivity contribution in [1.29, 1.82) is 0 Å². The largest absolute Gasteiger partial charge is 0.345 e. The summed E-state index contributed by atoms with van der Waals surface area (Å²) in [5.41, 5.74) is 3.06. The van der Waals surface area contributed by atoms with E-state index in [4.69, 9.17) is 0 Å². The van der Waals surface area contributed by atoms with E-state index in [1.54, 1.807) is 0 Å². The third-order valence-electron chi connectivity index (χ3n) is 3.04. The zero-order valence-corrected chi connectivity index (χ0v) is 13.1. The normalized spacial score (nSPS) is 11.9. The van der Waals surface area contributed by atoms with Crippen LogP contribution in [0.15, 0.2) is 48.5 Å². The number of nitrogens with one attached hydrogen (secondary N) is 1. The Labute approximate surface area is 127 Å². The number of halogens is 1. The van der Waals surface area contributed by atoms with Crippen molar-refractivity contribution >= 4 is 28.5 Å². The lowest BCUT2D eigenvalue weighted by atomic mass is 10.1. The van der Waals surface area contributed by atoms with E-state index in [1.807, 2.05) is 31.2 Å². The molecular formula is C16H16INO. The predicted octanol–water partition coefficient (Wildman–Crippen LogP) is 4.09. The Morgan fingerprint density at radius 2 is 1.74 bits per heavy atom. The number of rotatable bonds is 3. The van der Waals surface area contributed by atoms with Gasteiger partial charge in [0.2, 0.25) is 0 Å². The van der Waals surface area contributed by atoms with E-state index in [-0.39, 0.29) is 11.9 Å². The lowest BCUT2D eigenvalue weighted by Crippen LogP contribution is -2.27. The fraction of sp³-hybridized carbons (Fsp3) is 0.188. The summed E-state index contributed by atoms with van der Waals surface area (Å²) in [6, 6.07) is 15.8. The lowest BCUT2D eigenvalue weighted by molar-refractivity contribution is 0.0939. The maximum absolute atomic E-state index is 12.2. The highest BCUT2D eigenvalue weighted by molar-refractivity contribution is 14.1. The number of amides is 1. The Morgan fingerprint density at radius 1 is 1.11 bits per heavy atom. The van der Waals surface area contributed by atoms with Crippen LogP contribution in [0.25, 0.3) is 0 Å². The summed E-state index contributed by atoms with van der Waals surface area (Å²) in [7, 11) is 0. The number of hydrogen-bond acceptors (Lipinski definition) is 1. The molecule has 0 bridgehead atoms. The summed E-state index contributed by atoms with van der Waals surface area (Å²) < 4.78 is 0.966. The van der Waals surface area contributed by atoms with Crippen LogP contribution in [0.4, 0.5) is 0 Å². The molecule has 1 unspecified atom stereocenters. The maximum Gasteiger partial charge on any atom is 0.252 e. The zero-order valence-electron chi connectivity index (χ0n) is 11.0. The van der Waals surface area contributed by atoms with Gasteiger partial charge in [-0.3, -0.25) is 4.79 Å². The molecule has 0 spiro atoms. The summed E-state index contributed by atoms with van der Waals surface area (Å²) in [5.74, 6) is -0.0296. The van der Waals surface area contributed by atoms with E-state index in [2.05, 4.69) is 59.1 Å². The van der Waals surface area contributed by atoms with Crippen molar-refractivity contribution in [2.45, 2.75) is 19.9 Å². The molecule has 0 aliphatic carbocycles. The number of carbonyl (C=O) groups is 1. The molecule has 0 aliphatic heterocycles. The van der Waals surface area contributed by atoms with Crippen molar-refractivity contribution in [3.05, 3.63) is 68.8 Å². The molecule has 2 nitrogen and oxygen atoms in total. The Bertz CT molecular complexity index is 578. The van der Waals surface area contributed by atoms with Gasteiger partial charge in [-0.05, 0) is 54.1 Å². The number of benzene rings is 2. The van der Waals surface area contributed by atoms with E-state index in [1.165, 1.54) is 5.56 Å². The molecule has 1 amide bonds. The van der Waals surface area contributed by atoms with E-state index >= 15 is 0 Å². The van der Waals surface area contributed by atoms with Crippen molar-refractivity contribution in [1.82, 2.24) is 5.32 Å². The molecule has 0 fully saturated rings. The van der Waals surface area contributed by atoms with E-state index in [0.717, 1.165) is 14.7 Å². The average Bonchev–Trinajstić information content (AvgIpc) is 2.39. The predicted molar refractivity (Wildman–Crippen MR) is 86.2 cm³/mol. The van der Waals surface area contributed by atoms with Gasteiger partial charge in [-0.1, -0.05) is 42.0 Å². The molecule has 0 aliphatic rings. The third kappa shape index (κ3) is 3.56. The van der Waals surface area contributed by atoms with Crippen molar-refractivity contribution in [2.24, 2.45) is 0 Å². The molecule has 3 heteroatoms. The molecule has 0 saturated carbocycles. The topological polar surface area (TPSA) is 29.1 Å². The van der Waals surface area contributed by atoms with Gasteiger partial charge >= 0.3 is 0 Å². The SMILES string of the molecule is Cc1ccc(C(C)NC(=O)c2ccccc2I)cc1. The molecule has 0 radical (unpaired) electrons. The second-order valence-corrected chi connectivity index (χ2v) is 5.75. The summed E-state index contributed by atoms with van der Waals surface area (Å²) >= 11 is 2.18. The Hall–Kier alpha value is -1.36. The first-order chi connectivity index (χ1) is 9.08. The van der Waals surface area contributed by atoms with Crippen molar-refractivity contribution < 1.29 is 4.79 Å². The number of aryl methyl sites for hydroxylation is 1. The van der Waals surface area contributed by atoms with Gasteiger partial charge in [-0.25, -0.2) is 0 Å². The molecule has 0 saturated heterocycles. The quantitative estimate of drug-likeness (QED) is 0.816. The number of carbonyl (C=O) groups excluding carboxylic acids is 1. The monoisotopic (exact) mass is 365 g/mol. The first kappa shape index (κ1) is 14.1. The maximum atomic E-state index is 12.2. The molecule has 0 aromatic heterocycles. The molecule has 1 atom stereocenters. The van der Waals surface area contributed by atoms with Crippen LogP contribution in [-0.2, 0) is 0 Å². The summed E-state index contributed by atoms with van der Waals surface area (Å²) in [6.07, 6.45) is 0. The van der Waals surface area contributed by atoms with Crippen LogP contribution in [0.3, 0.4) is 0 Å². The molecule has 2 rings (SSSR count). The first-order valence-corrected chi connectivity index (χ1v) is 7.28. The zero-order chi connectivity index (χ0) is 13.8. The molecule has 2 aromatic carbocycles. The van der Waals surface area contributed by atoms with Crippen LogP contribution < -0.4 is 5.32 Å². The molecular weight excluding hydrogens is 349 g/mol. The van der Waals surface area contributed by atoms with Gasteiger partial charge in [-0.15, -0.1) is 0 Å². The average molecular weight is 365 g/mol. The van der Waals surface area contributed by atoms with Crippen LogP contribution in [0.1, 0.15) is 34.5 Å². The standard InChI is InChI=1S/C16H16INO/c1-11-7-9-13(10-8-11)12(2)18-16(19)14-5-3-4-6-15(14)17/h3-10,12H,1-2H3,(H,18,19). The smallest absolute Gasteiger partial charge is 0.252 e. The fourth-order valence-corrected chi connectivity index (χ4v) is 2.49. The minimum Gasteiger partial charge on any atom is -0.345 e. The van der Waals surface area contributed by atoms with Gasteiger partial charge in [0.25, 0.3) is 5.91 Å². The van der Waals surface area contributed by atoms with E-state index in [0.29, 0.717) is 0 Å². The van der Waals surface area contributed by atoms with Gasteiger partial charge in [0.15, 0.2) is 0 Å². The second kappa shape index (κ2) is 6.19. The Balaban J connectivity index is 2.11. The van der Waals surface area contributed by atoms with Crippen molar-refractivity contribution in [3.8, 4) is 0 Å². The summed E-state index contributed by atoms with van der Waals surface area (Å²) in [6.45, 7) is 4.05.